The third-order valence-corrected chi connectivity index (χ3v) is 10.8. The summed E-state index contributed by atoms with van der Waals surface area (Å²) < 4.78 is 56.1. The summed E-state index contributed by atoms with van der Waals surface area (Å²) in [6, 6.07) is 28.5. The molecule has 0 spiro atoms. The number of hydrogen-bond acceptors (Lipinski definition) is 9. The van der Waals surface area contributed by atoms with Crippen LogP contribution in [0.25, 0.3) is 11.1 Å². The lowest BCUT2D eigenvalue weighted by Crippen LogP contribution is -2.22. The third-order valence-electron chi connectivity index (χ3n) is 8.33. The highest BCUT2D eigenvalue weighted by molar-refractivity contribution is 8.00. The Labute approximate surface area is 312 Å². The van der Waals surface area contributed by atoms with Gasteiger partial charge in [-0.05, 0) is 105 Å². The minimum absolute atomic E-state index is 0.0137. The number of para-hydroxylation sites is 1. The molecule has 4 aromatic rings. The summed E-state index contributed by atoms with van der Waals surface area (Å²) in [5.74, 6) is 6.80. The smallest absolute Gasteiger partial charge is 0.340 e. The largest absolute Gasteiger partial charge is 0.494 e. The number of aliphatic hydroxyl groups is 1. The van der Waals surface area contributed by atoms with Crippen LogP contribution in [0.15, 0.2) is 112 Å². The van der Waals surface area contributed by atoms with Crippen LogP contribution in [0.5, 0.6) is 11.5 Å². The average molecular weight is 745 g/mol. The molecule has 52 heavy (non-hydrogen) atoms. The number of benzene rings is 4. The first-order valence-electron chi connectivity index (χ1n) is 18.0. The second kappa shape index (κ2) is 21.0. The summed E-state index contributed by atoms with van der Waals surface area (Å²) in [5.41, 5.74) is 1.82. The van der Waals surface area contributed by atoms with Crippen molar-refractivity contribution in [1.29, 1.82) is 0 Å². The van der Waals surface area contributed by atoms with E-state index < -0.39 is 16.2 Å². The molecule has 1 aliphatic rings. The number of ether oxygens (including phenoxy) is 4. The highest BCUT2D eigenvalue weighted by Gasteiger charge is 2.24. The first-order chi connectivity index (χ1) is 25.4. The molecular formula is C42H48O8S2. The number of rotatable bonds is 19. The molecule has 1 heterocycles. The summed E-state index contributed by atoms with van der Waals surface area (Å²) in [6.45, 7) is 5.01. The van der Waals surface area contributed by atoms with E-state index >= 15 is 0 Å². The van der Waals surface area contributed by atoms with Crippen molar-refractivity contribution in [3.05, 3.63) is 103 Å². The van der Waals surface area contributed by atoms with E-state index in [0.717, 1.165) is 68.6 Å². The molecular weight excluding hydrogens is 697 g/mol. The Morgan fingerprint density at radius 2 is 1.65 bits per heavy atom. The Kier molecular flexibility index (Phi) is 15.9. The topological polar surface area (TPSA) is 101 Å². The summed E-state index contributed by atoms with van der Waals surface area (Å²) >= 11 is 1.32. The lowest BCUT2D eigenvalue weighted by atomic mass is 9.96. The molecule has 1 aliphatic heterocycles. The van der Waals surface area contributed by atoms with E-state index in [1.807, 2.05) is 48.5 Å². The fourth-order valence-corrected chi connectivity index (χ4v) is 7.84. The van der Waals surface area contributed by atoms with Gasteiger partial charge in [-0.2, -0.15) is 8.42 Å². The molecule has 8 nitrogen and oxygen atoms in total. The molecule has 2 unspecified atom stereocenters. The fraction of sp³-hybridized carbons (Fsp3) is 0.381. The van der Waals surface area contributed by atoms with Crippen LogP contribution in [-0.2, 0) is 24.3 Å². The minimum Gasteiger partial charge on any atom is -0.494 e. The average Bonchev–Trinajstić information content (AvgIpc) is 3.17. The third kappa shape index (κ3) is 12.4. The van der Waals surface area contributed by atoms with Crippen LogP contribution in [0.1, 0.15) is 70.0 Å². The second-order valence-corrected chi connectivity index (χ2v) is 15.0. The van der Waals surface area contributed by atoms with Crippen LogP contribution < -0.4 is 8.92 Å². The van der Waals surface area contributed by atoms with Crippen molar-refractivity contribution in [1.82, 2.24) is 0 Å². The van der Waals surface area contributed by atoms with Gasteiger partial charge in [-0.25, -0.2) is 0 Å². The van der Waals surface area contributed by atoms with Crippen LogP contribution >= 0.6 is 11.8 Å². The first kappa shape index (κ1) is 39.4. The number of unbranched alkanes of at least 4 members (excludes halogenated alkanes) is 3. The van der Waals surface area contributed by atoms with Crippen molar-refractivity contribution < 1.29 is 36.7 Å². The number of hydrogen-bond donors (Lipinski definition) is 1. The van der Waals surface area contributed by atoms with Gasteiger partial charge in [0.05, 0.1) is 6.61 Å². The Morgan fingerprint density at radius 1 is 0.865 bits per heavy atom. The number of aliphatic hydroxyl groups excluding tert-OH is 1. The monoisotopic (exact) mass is 744 g/mol. The fourth-order valence-electron chi connectivity index (χ4n) is 5.55. The van der Waals surface area contributed by atoms with Crippen molar-refractivity contribution in [2.75, 3.05) is 33.0 Å². The van der Waals surface area contributed by atoms with E-state index in [1.165, 1.54) is 11.8 Å². The van der Waals surface area contributed by atoms with Gasteiger partial charge in [0.1, 0.15) is 29.1 Å². The first-order valence-corrected chi connectivity index (χ1v) is 20.3. The summed E-state index contributed by atoms with van der Waals surface area (Å²) in [5, 5.41) is 11.1. The van der Waals surface area contributed by atoms with Crippen LogP contribution in [-0.4, -0.2) is 52.8 Å². The predicted molar refractivity (Wildman–Crippen MR) is 204 cm³/mol. The zero-order valence-electron chi connectivity index (χ0n) is 29.7. The van der Waals surface area contributed by atoms with E-state index in [4.69, 9.17) is 23.1 Å². The van der Waals surface area contributed by atoms with Crippen LogP contribution in [0.4, 0.5) is 0 Å². The Hall–Kier alpha value is -3.82. The van der Waals surface area contributed by atoms with Gasteiger partial charge in [0.2, 0.25) is 0 Å². The maximum atomic E-state index is 13.8. The lowest BCUT2D eigenvalue weighted by Gasteiger charge is -2.22. The molecule has 0 saturated carbocycles. The lowest BCUT2D eigenvalue weighted by molar-refractivity contribution is -0.162. The quantitative estimate of drug-likeness (QED) is 0.0572. The summed E-state index contributed by atoms with van der Waals surface area (Å²) in [6.07, 6.45) is 6.95. The Balaban J connectivity index is 1.25. The van der Waals surface area contributed by atoms with E-state index in [-0.39, 0.29) is 23.5 Å². The van der Waals surface area contributed by atoms with Crippen molar-refractivity contribution in [3.8, 4) is 34.5 Å². The van der Waals surface area contributed by atoms with Gasteiger partial charge in [-0.15, -0.1) is 0 Å². The van der Waals surface area contributed by atoms with Crippen molar-refractivity contribution in [3.63, 3.8) is 0 Å². The molecule has 0 bridgehead atoms. The van der Waals surface area contributed by atoms with Crippen LogP contribution in [0.2, 0.25) is 0 Å². The molecule has 0 aliphatic carbocycles. The maximum absolute atomic E-state index is 13.8. The van der Waals surface area contributed by atoms with Gasteiger partial charge in [0, 0.05) is 35.2 Å². The van der Waals surface area contributed by atoms with Gasteiger partial charge in [0.25, 0.3) is 0 Å². The standard InChI is InChI=1S/C42H48O8S2/c1-2-3-29-47-34-22-24-36(25-23-34)51-40-26-21-33(32-41(40)52(44,45)50-35-15-6-4-7-16-35)37-17-8-9-18-38(37)39(43)19-14-28-46-27-11-5-12-30-48-42-20-10-13-31-49-42/h4,6-9,15-18,21-26,32,39,42-43H,2-3,5,10-13,20,27-31H2,1H3. The molecule has 276 valence electrons. The van der Waals surface area contributed by atoms with Gasteiger partial charge >= 0.3 is 10.1 Å². The highest BCUT2D eigenvalue weighted by atomic mass is 32.2. The molecule has 5 rings (SSSR count). The van der Waals surface area contributed by atoms with Gasteiger partial charge in [-0.1, -0.05) is 85.5 Å². The van der Waals surface area contributed by atoms with Crippen molar-refractivity contribution in [2.24, 2.45) is 0 Å². The molecule has 1 fully saturated rings. The second-order valence-electron chi connectivity index (χ2n) is 12.4. The molecule has 1 N–H and O–H groups in total. The zero-order valence-corrected chi connectivity index (χ0v) is 31.3. The summed E-state index contributed by atoms with van der Waals surface area (Å²) in [7, 11) is -4.25. The van der Waals surface area contributed by atoms with Gasteiger partial charge in [0.15, 0.2) is 6.29 Å². The van der Waals surface area contributed by atoms with Gasteiger partial charge < -0.3 is 28.2 Å². The Morgan fingerprint density at radius 3 is 2.44 bits per heavy atom. The molecule has 4 aromatic carbocycles. The van der Waals surface area contributed by atoms with Crippen molar-refractivity contribution in [2.45, 2.75) is 85.4 Å². The molecule has 0 aromatic heterocycles. The Bertz CT molecular complexity index is 1830. The van der Waals surface area contributed by atoms with Crippen molar-refractivity contribution >= 4 is 21.9 Å². The molecule has 10 heteroatoms. The van der Waals surface area contributed by atoms with Crippen LogP contribution in [0.3, 0.4) is 0 Å². The predicted octanol–water partition coefficient (Wildman–Crippen LogP) is 9.22. The normalized spacial score (nSPS) is 15.0. The molecule has 2 atom stereocenters. The molecule has 1 saturated heterocycles. The van der Waals surface area contributed by atoms with E-state index in [0.29, 0.717) is 41.4 Å². The van der Waals surface area contributed by atoms with Crippen LogP contribution in [0, 0.1) is 11.8 Å². The SMILES string of the molecule is CCCCOc1ccc(Sc2ccc(-c3ccccc3C(O)C#CCOCCCCCOC3CCCCO3)cc2S(=O)(=O)Oc2ccccc2)cc1. The minimum atomic E-state index is -4.25. The summed E-state index contributed by atoms with van der Waals surface area (Å²) in [4.78, 5) is 1.36. The molecule has 0 radical (unpaired) electrons. The maximum Gasteiger partial charge on any atom is 0.340 e. The zero-order chi connectivity index (χ0) is 36.4. The highest BCUT2D eigenvalue weighted by Crippen LogP contribution is 2.38. The van der Waals surface area contributed by atoms with E-state index in [9.17, 15) is 13.5 Å². The van der Waals surface area contributed by atoms with E-state index in [2.05, 4.69) is 18.8 Å². The molecule has 0 amide bonds. The van der Waals surface area contributed by atoms with Gasteiger partial charge in [-0.3, -0.25) is 0 Å². The van der Waals surface area contributed by atoms with E-state index in [1.54, 1.807) is 48.5 Å².